The molecule has 3 rings (SSSR count). The topological polar surface area (TPSA) is 80.2 Å². The van der Waals surface area contributed by atoms with Gasteiger partial charge in [-0.2, -0.15) is 0 Å². The van der Waals surface area contributed by atoms with E-state index in [-0.39, 0.29) is 0 Å². The molecule has 0 aliphatic carbocycles. The summed E-state index contributed by atoms with van der Waals surface area (Å²) in [4.78, 5) is 12.8. The van der Waals surface area contributed by atoms with E-state index in [4.69, 9.17) is 14.2 Å². The molecule has 30 heavy (non-hydrogen) atoms. The molecular formula is C22H32N4O4. The van der Waals surface area contributed by atoms with Crippen molar-refractivity contribution in [2.45, 2.75) is 25.0 Å². The molecule has 1 aliphatic rings. The molecule has 164 valence electrons. The predicted molar refractivity (Wildman–Crippen MR) is 115 cm³/mol. The minimum absolute atomic E-state index is 0.462. The normalized spacial score (nSPS) is 19.2. The first kappa shape index (κ1) is 22.3. The summed E-state index contributed by atoms with van der Waals surface area (Å²) in [5.41, 5.74) is 0.297. The van der Waals surface area contributed by atoms with Gasteiger partial charge >= 0.3 is 0 Å². The minimum Gasteiger partial charge on any atom is -0.493 e. The van der Waals surface area contributed by atoms with Crippen LogP contribution in [0.4, 0.5) is 5.82 Å². The van der Waals surface area contributed by atoms with E-state index >= 15 is 0 Å². The Hall–Kier alpha value is -2.42. The van der Waals surface area contributed by atoms with Crippen LogP contribution >= 0.6 is 0 Å². The van der Waals surface area contributed by atoms with Gasteiger partial charge in [0.15, 0.2) is 11.5 Å². The molecule has 2 aromatic rings. The number of ether oxygens (including phenoxy) is 3. The number of likely N-dealkylation sites (N-methyl/N-ethyl adjacent to an activating group) is 1. The number of hydrogen-bond donors (Lipinski definition) is 1. The first-order valence-corrected chi connectivity index (χ1v) is 10.2. The Kier molecular flexibility index (Phi) is 7.84. The molecule has 1 aromatic heterocycles. The number of benzene rings is 1. The van der Waals surface area contributed by atoms with E-state index in [2.05, 4.69) is 19.8 Å². The summed E-state index contributed by atoms with van der Waals surface area (Å²) in [6, 6.07) is 5.92. The molecule has 1 aromatic carbocycles. The number of aliphatic hydroxyl groups is 1. The highest BCUT2D eigenvalue weighted by Crippen LogP contribution is 2.29. The van der Waals surface area contributed by atoms with Crippen molar-refractivity contribution >= 4 is 5.82 Å². The van der Waals surface area contributed by atoms with Crippen molar-refractivity contribution in [1.82, 2.24) is 14.9 Å². The molecule has 0 saturated carbocycles. The molecule has 8 heteroatoms. The molecule has 8 nitrogen and oxygen atoms in total. The summed E-state index contributed by atoms with van der Waals surface area (Å²) in [6.45, 7) is 3.66. The lowest BCUT2D eigenvalue weighted by Crippen LogP contribution is -2.54. The number of aromatic nitrogens is 2. The third-order valence-electron chi connectivity index (χ3n) is 5.22. The Morgan fingerprint density at radius 3 is 2.80 bits per heavy atom. The van der Waals surface area contributed by atoms with E-state index in [0.29, 0.717) is 44.3 Å². The smallest absolute Gasteiger partial charge is 0.161 e. The largest absolute Gasteiger partial charge is 0.493 e. The van der Waals surface area contributed by atoms with Crippen LogP contribution in [-0.4, -0.2) is 79.7 Å². The molecular weight excluding hydrogens is 384 g/mol. The van der Waals surface area contributed by atoms with Crippen LogP contribution in [0, 0.1) is 0 Å². The Morgan fingerprint density at radius 1 is 1.20 bits per heavy atom. The minimum atomic E-state index is -0.797. The number of anilines is 1. The van der Waals surface area contributed by atoms with Crippen molar-refractivity contribution in [3.63, 3.8) is 0 Å². The summed E-state index contributed by atoms with van der Waals surface area (Å²) < 4.78 is 16.2. The van der Waals surface area contributed by atoms with Crippen molar-refractivity contribution in [2.75, 3.05) is 59.0 Å². The zero-order chi connectivity index (χ0) is 21.4. The highest BCUT2D eigenvalue weighted by Gasteiger charge is 2.35. The zero-order valence-electron chi connectivity index (χ0n) is 18.1. The van der Waals surface area contributed by atoms with Gasteiger partial charge < -0.3 is 24.2 Å². The van der Waals surface area contributed by atoms with Gasteiger partial charge in [0.25, 0.3) is 0 Å². The third kappa shape index (κ3) is 6.04. The second-order valence-corrected chi connectivity index (χ2v) is 7.81. The van der Waals surface area contributed by atoms with E-state index in [9.17, 15) is 5.11 Å². The maximum atomic E-state index is 11.2. The molecule has 2 heterocycles. The third-order valence-corrected chi connectivity index (χ3v) is 5.22. The van der Waals surface area contributed by atoms with Crippen LogP contribution in [-0.2, 0) is 11.3 Å². The van der Waals surface area contributed by atoms with E-state index in [0.717, 1.165) is 30.8 Å². The van der Waals surface area contributed by atoms with Gasteiger partial charge in [-0.1, -0.05) is 6.07 Å². The second kappa shape index (κ2) is 10.6. The van der Waals surface area contributed by atoms with Crippen molar-refractivity contribution in [2.24, 2.45) is 0 Å². The first-order valence-electron chi connectivity index (χ1n) is 10.2. The van der Waals surface area contributed by atoms with Gasteiger partial charge in [-0.05, 0) is 37.6 Å². The van der Waals surface area contributed by atoms with Crippen molar-refractivity contribution in [1.29, 1.82) is 0 Å². The first-order chi connectivity index (χ1) is 14.5. The average Bonchev–Trinajstić information content (AvgIpc) is 2.74. The Bertz CT molecular complexity index is 792. The summed E-state index contributed by atoms with van der Waals surface area (Å²) in [5, 5.41) is 11.2. The Balaban J connectivity index is 1.61. The molecule has 0 amide bonds. The fraction of sp³-hybridized carbons (Fsp3) is 0.545. The van der Waals surface area contributed by atoms with Crippen LogP contribution < -0.4 is 14.4 Å². The number of hydrogen-bond acceptors (Lipinski definition) is 8. The standard InChI is InChI=1S/C22H32N4O4/c1-25(15-18-5-6-19(29-3)20(13-18)30-12-11-28-2)16-22(27)7-4-10-26(17-22)21-14-23-8-9-24-21/h5-6,8-9,13-14,27H,4,7,10-12,15-17H2,1-3H3. The quantitative estimate of drug-likeness (QED) is 0.589. The van der Waals surface area contributed by atoms with Crippen LogP contribution in [0.2, 0.25) is 0 Å². The van der Waals surface area contributed by atoms with Crippen LogP contribution in [0.3, 0.4) is 0 Å². The van der Waals surface area contributed by atoms with Gasteiger partial charge in [-0.3, -0.25) is 9.88 Å². The van der Waals surface area contributed by atoms with E-state index in [1.165, 1.54) is 0 Å². The highest BCUT2D eigenvalue weighted by atomic mass is 16.5. The lowest BCUT2D eigenvalue weighted by Gasteiger charge is -2.41. The SMILES string of the molecule is COCCOc1cc(CN(C)CC2(O)CCCN(c3cnccn3)C2)ccc1OC. The Labute approximate surface area is 178 Å². The van der Waals surface area contributed by atoms with E-state index in [1.54, 1.807) is 32.8 Å². The number of methoxy groups -OCH3 is 2. The summed E-state index contributed by atoms with van der Waals surface area (Å²) in [5.74, 6) is 2.21. The molecule has 0 spiro atoms. The number of β-amino-alcohol motifs (C(OH)–C–C–N with tert-alkyl or cyclic N) is 1. The van der Waals surface area contributed by atoms with Gasteiger partial charge in [0.05, 0.1) is 25.5 Å². The summed E-state index contributed by atoms with van der Waals surface area (Å²) >= 11 is 0. The predicted octanol–water partition coefficient (Wildman–Crippen LogP) is 1.97. The molecule has 1 fully saturated rings. The maximum Gasteiger partial charge on any atom is 0.161 e. The monoisotopic (exact) mass is 416 g/mol. The van der Waals surface area contributed by atoms with Gasteiger partial charge in [0, 0.05) is 45.7 Å². The molecule has 0 bridgehead atoms. The van der Waals surface area contributed by atoms with Crippen molar-refractivity contribution in [3.05, 3.63) is 42.4 Å². The van der Waals surface area contributed by atoms with Crippen LogP contribution in [0.25, 0.3) is 0 Å². The molecule has 1 saturated heterocycles. The van der Waals surface area contributed by atoms with Crippen molar-refractivity contribution < 1.29 is 19.3 Å². The molecule has 1 aliphatic heterocycles. The molecule has 0 radical (unpaired) electrons. The van der Waals surface area contributed by atoms with Gasteiger partial charge in [0.2, 0.25) is 0 Å². The second-order valence-electron chi connectivity index (χ2n) is 7.81. The van der Waals surface area contributed by atoms with Crippen LogP contribution in [0.5, 0.6) is 11.5 Å². The van der Waals surface area contributed by atoms with Crippen LogP contribution in [0.1, 0.15) is 18.4 Å². The van der Waals surface area contributed by atoms with Crippen LogP contribution in [0.15, 0.2) is 36.8 Å². The summed E-state index contributed by atoms with van der Waals surface area (Å²) in [6.07, 6.45) is 6.78. The number of nitrogens with zero attached hydrogens (tertiary/aromatic N) is 4. The fourth-order valence-corrected chi connectivity index (χ4v) is 3.93. The van der Waals surface area contributed by atoms with Crippen molar-refractivity contribution in [3.8, 4) is 11.5 Å². The molecule has 1 atom stereocenters. The summed E-state index contributed by atoms with van der Waals surface area (Å²) in [7, 11) is 5.30. The number of piperidine rings is 1. The van der Waals surface area contributed by atoms with E-state index in [1.807, 2.05) is 25.2 Å². The average molecular weight is 417 g/mol. The number of rotatable bonds is 10. The maximum absolute atomic E-state index is 11.2. The van der Waals surface area contributed by atoms with Gasteiger partial charge in [-0.15, -0.1) is 0 Å². The van der Waals surface area contributed by atoms with Gasteiger partial charge in [-0.25, -0.2) is 4.98 Å². The Morgan fingerprint density at radius 2 is 2.07 bits per heavy atom. The molecule has 1 unspecified atom stereocenters. The van der Waals surface area contributed by atoms with Gasteiger partial charge in [0.1, 0.15) is 12.4 Å². The molecule has 1 N–H and O–H groups in total. The lowest BCUT2D eigenvalue weighted by molar-refractivity contribution is -0.00350. The van der Waals surface area contributed by atoms with E-state index < -0.39 is 5.60 Å². The highest BCUT2D eigenvalue weighted by molar-refractivity contribution is 5.43. The fourth-order valence-electron chi connectivity index (χ4n) is 3.93. The zero-order valence-corrected chi connectivity index (χ0v) is 18.1. The lowest BCUT2D eigenvalue weighted by atomic mass is 9.92.